The molecule has 0 unspecified atom stereocenters. The van der Waals surface area contributed by atoms with Crippen LogP contribution in [0.15, 0.2) is 12.1 Å². The third kappa shape index (κ3) is 4.17. The van der Waals surface area contributed by atoms with E-state index >= 15 is 0 Å². The average molecular weight is 582 g/mol. The SMILES string of the molecule is O=C(CN1CCCC1)Nc1c(I)cc(I)cc1I. The molecule has 1 aliphatic heterocycles. The van der Waals surface area contributed by atoms with E-state index in [1.807, 2.05) is 0 Å². The largest absolute Gasteiger partial charge is 0.323 e. The van der Waals surface area contributed by atoms with Crippen LogP contribution in [0.5, 0.6) is 0 Å². The molecule has 1 amide bonds. The van der Waals surface area contributed by atoms with Crippen LogP contribution in [0.1, 0.15) is 12.8 Å². The van der Waals surface area contributed by atoms with E-state index < -0.39 is 0 Å². The fourth-order valence-electron chi connectivity index (χ4n) is 1.98. The number of nitrogens with one attached hydrogen (secondary N) is 1. The molecule has 1 saturated heterocycles. The highest BCUT2D eigenvalue weighted by Gasteiger charge is 2.16. The van der Waals surface area contributed by atoms with Crippen LogP contribution in [0.2, 0.25) is 0 Å². The van der Waals surface area contributed by atoms with Crippen molar-refractivity contribution in [3.05, 3.63) is 22.8 Å². The fourth-order valence-corrected chi connectivity index (χ4v) is 5.84. The number of anilines is 1. The van der Waals surface area contributed by atoms with Crippen LogP contribution in [0.3, 0.4) is 0 Å². The Labute approximate surface area is 148 Å². The zero-order chi connectivity index (χ0) is 13.1. The lowest BCUT2D eigenvalue weighted by molar-refractivity contribution is -0.117. The van der Waals surface area contributed by atoms with Crippen LogP contribution in [0.4, 0.5) is 5.69 Å². The molecule has 0 radical (unpaired) electrons. The zero-order valence-corrected chi connectivity index (χ0v) is 16.2. The van der Waals surface area contributed by atoms with Gasteiger partial charge in [-0.15, -0.1) is 0 Å². The first-order chi connectivity index (χ1) is 8.56. The molecule has 1 heterocycles. The Hall–Kier alpha value is 0.840. The van der Waals surface area contributed by atoms with E-state index in [2.05, 4.69) is 90.1 Å². The number of rotatable bonds is 3. The third-order valence-corrected chi connectivity index (χ3v) is 5.16. The molecule has 0 atom stereocenters. The van der Waals surface area contributed by atoms with Crippen LogP contribution in [-0.2, 0) is 4.79 Å². The molecule has 2 rings (SSSR count). The van der Waals surface area contributed by atoms with Gasteiger partial charge in [0, 0.05) is 10.7 Å². The van der Waals surface area contributed by atoms with E-state index in [0.29, 0.717) is 6.54 Å². The molecule has 1 fully saturated rings. The molecule has 0 aliphatic carbocycles. The van der Waals surface area contributed by atoms with Crippen LogP contribution in [0.25, 0.3) is 0 Å². The van der Waals surface area contributed by atoms with Gasteiger partial charge in [0.15, 0.2) is 0 Å². The summed E-state index contributed by atoms with van der Waals surface area (Å²) in [6.45, 7) is 2.61. The minimum Gasteiger partial charge on any atom is -0.323 e. The van der Waals surface area contributed by atoms with Gasteiger partial charge in [-0.05, 0) is 106 Å². The highest BCUT2D eigenvalue weighted by Crippen LogP contribution is 2.27. The van der Waals surface area contributed by atoms with E-state index in [1.165, 1.54) is 16.4 Å². The van der Waals surface area contributed by atoms with Gasteiger partial charge in [0.05, 0.1) is 12.2 Å². The van der Waals surface area contributed by atoms with Gasteiger partial charge in [0.25, 0.3) is 0 Å². The van der Waals surface area contributed by atoms with Crippen LogP contribution >= 0.6 is 67.8 Å². The van der Waals surface area contributed by atoms with Crippen molar-refractivity contribution in [3.63, 3.8) is 0 Å². The van der Waals surface area contributed by atoms with E-state index in [-0.39, 0.29) is 5.91 Å². The molecule has 0 aromatic heterocycles. The first-order valence-corrected chi connectivity index (χ1v) is 8.96. The average Bonchev–Trinajstić information content (AvgIpc) is 2.76. The summed E-state index contributed by atoms with van der Waals surface area (Å²) in [6, 6.07) is 4.16. The molecule has 98 valence electrons. The lowest BCUT2D eigenvalue weighted by atomic mass is 10.3. The van der Waals surface area contributed by atoms with E-state index in [9.17, 15) is 4.79 Å². The first kappa shape index (κ1) is 15.2. The van der Waals surface area contributed by atoms with Gasteiger partial charge in [0.1, 0.15) is 0 Å². The molecule has 1 aromatic carbocycles. The number of likely N-dealkylation sites (tertiary alicyclic amines) is 1. The first-order valence-electron chi connectivity index (χ1n) is 5.73. The van der Waals surface area contributed by atoms with E-state index in [0.717, 1.165) is 25.9 Å². The number of benzene rings is 1. The van der Waals surface area contributed by atoms with Crippen LogP contribution in [0, 0.1) is 10.7 Å². The monoisotopic (exact) mass is 582 g/mol. The quantitative estimate of drug-likeness (QED) is 0.554. The number of hydrogen-bond acceptors (Lipinski definition) is 2. The predicted molar refractivity (Wildman–Crippen MR) is 98.9 cm³/mol. The lowest BCUT2D eigenvalue weighted by Gasteiger charge is -2.15. The third-order valence-electron chi connectivity index (χ3n) is 2.84. The standard InChI is InChI=1S/C12H13I3N2O/c13-8-5-9(14)12(10(15)6-8)16-11(18)7-17-3-1-2-4-17/h5-6H,1-4,7H2,(H,16,18). The maximum Gasteiger partial charge on any atom is 0.238 e. The molecule has 6 heteroatoms. The van der Waals surface area contributed by atoms with Crippen molar-refractivity contribution in [3.8, 4) is 0 Å². The van der Waals surface area contributed by atoms with Gasteiger partial charge in [-0.25, -0.2) is 0 Å². The van der Waals surface area contributed by atoms with Gasteiger partial charge in [-0.2, -0.15) is 0 Å². The highest BCUT2D eigenvalue weighted by molar-refractivity contribution is 14.1. The zero-order valence-electron chi connectivity index (χ0n) is 9.68. The molecule has 1 aliphatic rings. The van der Waals surface area contributed by atoms with Gasteiger partial charge >= 0.3 is 0 Å². The Morgan fingerprint density at radius 1 is 1.17 bits per heavy atom. The Bertz CT molecular complexity index is 436. The van der Waals surface area contributed by atoms with Crippen molar-refractivity contribution in [2.75, 3.05) is 25.0 Å². The van der Waals surface area contributed by atoms with Crippen molar-refractivity contribution in [1.82, 2.24) is 4.90 Å². The molecule has 0 bridgehead atoms. The molecule has 3 nitrogen and oxygen atoms in total. The van der Waals surface area contributed by atoms with Crippen LogP contribution < -0.4 is 5.32 Å². The second-order valence-corrected chi connectivity index (χ2v) is 7.85. The maximum atomic E-state index is 12.0. The normalized spacial score (nSPS) is 15.9. The molecular weight excluding hydrogens is 569 g/mol. The molecule has 0 spiro atoms. The summed E-state index contributed by atoms with van der Waals surface area (Å²) in [5.41, 5.74) is 0.945. The van der Waals surface area contributed by atoms with Crippen molar-refractivity contribution >= 4 is 79.4 Å². The van der Waals surface area contributed by atoms with Crippen molar-refractivity contribution in [1.29, 1.82) is 0 Å². The molecule has 0 saturated carbocycles. The second kappa shape index (κ2) is 7.02. The number of hydrogen-bond donors (Lipinski definition) is 1. The Morgan fingerprint density at radius 2 is 1.72 bits per heavy atom. The van der Waals surface area contributed by atoms with E-state index in [1.54, 1.807) is 0 Å². The number of amides is 1. The molecule has 18 heavy (non-hydrogen) atoms. The van der Waals surface area contributed by atoms with Gasteiger partial charge in [-0.3, -0.25) is 9.69 Å². The number of carbonyl (C=O) groups excluding carboxylic acids is 1. The molecular formula is C12H13I3N2O. The topological polar surface area (TPSA) is 32.3 Å². The minimum absolute atomic E-state index is 0.0916. The summed E-state index contributed by atoms with van der Waals surface area (Å²) in [5, 5.41) is 3.03. The summed E-state index contributed by atoms with van der Waals surface area (Å²) in [4.78, 5) is 14.2. The predicted octanol–water partition coefficient (Wildman–Crippen LogP) is 3.53. The highest BCUT2D eigenvalue weighted by atomic mass is 127. The van der Waals surface area contributed by atoms with E-state index in [4.69, 9.17) is 0 Å². The van der Waals surface area contributed by atoms with Crippen LogP contribution in [-0.4, -0.2) is 30.4 Å². The Balaban J connectivity index is 2.02. The minimum atomic E-state index is 0.0916. The Morgan fingerprint density at radius 3 is 2.28 bits per heavy atom. The summed E-state index contributed by atoms with van der Waals surface area (Å²) in [5.74, 6) is 0.0916. The second-order valence-electron chi connectivity index (χ2n) is 4.28. The summed E-state index contributed by atoms with van der Waals surface area (Å²) in [6.07, 6.45) is 2.43. The van der Waals surface area contributed by atoms with Crippen molar-refractivity contribution in [2.45, 2.75) is 12.8 Å². The molecule has 1 N–H and O–H groups in total. The smallest absolute Gasteiger partial charge is 0.238 e. The summed E-state index contributed by atoms with van der Waals surface area (Å²) < 4.78 is 3.39. The van der Waals surface area contributed by atoms with Gasteiger partial charge in [0.2, 0.25) is 5.91 Å². The van der Waals surface area contributed by atoms with Crippen molar-refractivity contribution < 1.29 is 4.79 Å². The fraction of sp³-hybridized carbons (Fsp3) is 0.417. The number of nitrogens with zero attached hydrogens (tertiary/aromatic N) is 1. The van der Waals surface area contributed by atoms with Crippen molar-refractivity contribution in [2.24, 2.45) is 0 Å². The van der Waals surface area contributed by atoms with Gasteiger partial charge < -0.3 is 5.32 Å². The maximum absolute atomic E-state index is 12.0. The number of halogens is 3. The number of carbonyl (C=O) groups is 1. The van der Waals surface area contributed by atoms with Gasteiger partial charge in [-0.1, -0.05) is 0 Å². The Kier molecular flexibility index (Phi) is 5.94. The summed E-state index contributed by atoms with van der Waals surface area (Å²) in [7, 11) is 0. The molecule has 1 aromatic rings. The lowest BCUT2D eigenvalue weighted by Crippen LogP contribution is -2.31. The summed E-state index contributed by atoms with van der Waals surface area (Å²) >= 11 is 6.83.